The number of nitrogens with zero attached hydrogens (tertiary/aromatic N) is 2. The van der Waals surface area contributed by atoms with Crippen LogP contribution in [0.25, 0.3) is 0 Å². The summed E-state index contributed by atoms with van der Waals surface area (Å²) in [4.78, 5) is 28.1. The number of hydrogen-bond acceptors (Lipinski definition) is 4. The molecule has 0 unspecified atom stereocenters. The Balaban J connectivity index is 2.47. The summed E-state index contributed by atoms with van der Waals surface area (Å²) in [5, 5.41) is 3.84. The van der Waals surface area contributed by atoms with Crippen LogP contribution in [0.5, 0.6) is 0 Å². The van der Waals surface area contributed by atoms with Gasteiger partial charge >= 0.3 is 0 Å². The first-order valence-corrected chi connectivity index (χ1v) is 14.1. The zero-order valence-electron chi connectivity index (χ0n) is 20.1. The minimum Gasteiger partial charge on any atom is -0.352 e. The monoisotopic (exact) mass is 561 g/mol. The number of anilines is 1. The molecule has 0 heterocycles. The van der Waals surface area contributed by atoms with Gasteiger partial charge in [-0.3, -0.25) is 13.9 Å². The second-order valence-corrected chi connectivity index (χ2v) is 11.4. The van der Waals surface area contributed by atoms with E-state index in [0.717, 1.165) is 22.5 Å². The van der Waals surface area contributed by atoms with E-state index in [1.165, 1.54) is 23.1 Å². The standard InChI is InChI=1S/C24H30Cl3N3O4S/c1-5-16(3)28-24(32)21(6-2)29(14-17-7-9-18(25)10-8-17)23(31)15-30(35(4,33)34)22-13-19(26)11-12-20(22)27/h7-13,16,21H,5-6,14-15H2,1-4H3,(H,28,32)/t16-,21-/m1/s1. The molecule has 0 fully saturated rings. The van der Waals surface area contributed by atoms with Crippen LogP contribution in [0.1, 0.15) is 39.2 Å². The van der Waals surface area contributed by atoms with Crippen molar-refractivity contribution in [3.63, 3.8) is 0 Å². The van der Waals surface area contributed by atoms with Crippen LogP contribution in [0, 0.1) is 0 Å². The smallest absolute Gasteiger partial charge is 0.244 e. The van der Waals surface area contributed by atoms with Crippen molar-refractivity contribution in [1.29, 1.82) is 0 Å². The fourth-order valence-electron chi connectivity index (χ4n) is 3.42. The van der Waals surface area contributed by atoms with E-state index in [9.17, 15) is 18.0 Å². The summed E-state index contributed by atoms with van der Waals surface area (Å²) in [5.41, 5.74) is 0.822. The number of halogens is 3. The van der Waals surface area contributed by atoms with Crippen LogP contribution in [0.15, 0.2) is 42.5 Å². The van der Waals surface area contributed by atoms with E-state index in [-0.39, 0.29) is 34.2 Å². The van der Waals surface area contributed by atoms with Gasteiger partial charge in [0.05, 0.1) is 17.0 Å². The van der Waals surface area contributed by atoms with Crippen LogP contribution in [0.2, 0.25) is 15.1 Å². The molecular formula is C24H30Cl3N3O4S. The predicted octanol–water partition coefficient (Wildman–Crippen LogP) is 5.13. The minimum atomic E-state index is -3.92. The van der Waals surface area contributed by atoms with Gasteiger partial charge in [-0.2, -0.15) is 0 Å². The maximum Gasteiger partial charge on any atom is 0.244 e. The third-order valence-corrected chi connectivity index (χ3v) is 7.44. The average molecular weight is 563 g/mol. The molecule has 2 atom stereocenters. The summed E-state index contributed by atoms with van der Waals surface area (Å²) in [6, 6.07) is 10.4. The van der Waals surface area contributed by atoms with Crippen LogP contribution in [-0.2, 0) is 26.2 Å². The topological polar surface area (TPSA) is 86.8 Å². The summed E-state index contributed by atoms with van der Waals surface area (Å²) in [6.45, 7) is 5.15. The number of amides is 2. The maximum absolute atomic E-state index is 13.6. The molecule has 0 saturated carbocycles. The summed E-state index contributed by atoms with van der Waals surface area (Å²) in [5.74, 6) is -0.872. The highest BCUT2D eigenvalue weighted by atomic mass is 35.5. The van der Waals surface area contributed by atoms with Gasteiger partial charge in [-0.15, -0.1) is 0 Å². The lowest BCUT2D eigenvalue weighted by atomic mass is 10.1. The third-order valence-electron chi connectivity index (χ3n) is 5.51. The quantitative estimate of drug-likeness (QED) is 0.411. The summed E-state index contributed by atoms with van der Waals surface area (Å²) in [6.07, 6.45) is 2.04. The van der Waals surface area contributed by atoms with Crippen molar-refractivity contribution in [3.8, 4) is 0 Å². The summed E-state index contributed by atoms with van der Waals surface area (Å²) in [7, 11) is -3.92. The average Bonchev–Trinajstić information content (AvgIpc) is 2.79. The lowest BCUT2D eigenvalue weighted by Crippen LogP contribution is -2.53. The largest absolute Gasteiger partial charge is 0.352 e. The highest BCUT2D eigenvalue weighted by molar-refractivity contribution is 7.92. The molecule has 7 nitrogen and oxygen atoms in total. The van der Waals surface area contributed by atoms with E-state index < -0.39 is 28.5 Å². The summed E-state index contributed by atoms with van der Waals surface area (Å²) >= 11 is 18.3. The van der Waals surface area contributed by atoms with Crippen molar-refractivity contribution in [3.05, 3.63) is 63.1 Å². The lowest BCUT2D eigenvalue weighted by molar-refractivity contribution is -0.140. The molecule has 0 bridgehead atoms. The van der Waals surface area contributed by atoms with Crippen LogP contribution >= 0.6 is 34.8 Å². The number of nitrogens with one attached hydrogen (secondary N) is 1. The fraction of sp³-hybridized carbons (Fsp3) is 0.417. The second kappa shape index (κ2) is 12.8. The van der Waals surface area contributed by atoms with E-state index in [1.54, 1.807) is 31.2 Å². The van der Waals surface area contributed by atoms with Gasteiger partial charge in [0.1, 0.15) is 12.6 Å². The molecule has 0 aromatic heterocycles. The van der Waals surface area contributed by atoms with E-state index in [1.807, 2.05) is 13.8 Å². The summed E-state index contributed by atoms with van der Waals surface area (Å²) < 4.78 is 26.2. The Hall–Kier alpha value is -2.00. The Morgan fingerprint density at radius 3 is 2.11 bits per heavy atom. The zero-order chi connectivity index (χ0) is 26.3. The van der Waals surface area contributed by atoms with Crippen LogP contribution in [-0.4, -0.2) is 50.0 Å². The van der Waals surface area contributed by atoms with Crippen LogP contribution in [0.4, 0.5) is 5.69 Å². The molecule has 192 valence electrons. The van der Waals surface area contributed by atoms with Gasteiger partial charge < -0.3 is 10.2 Å². The van der Waals surface area contributed by atoms with Crippen LogP contribution in [0.3, 0.4) is 0 Å². The Kier molecular flexibility index (Phi) is 10.7. The van der Waals surface area contributed by atoms with Crippen molar-refractivity contribution in [1.82, 2.24) is 10.2 Å². The molecule has 1 N–H and O–H groups in total. The van der Waals surface area contributed by atoms with E-state index in [0.29, 0.717) is 11.4 Å². The van der Waals surface area contributed by atoms with E-state index >= 15 is 0 Å². The molecule has 0 aliphatic rings. The minimum absolute atomic E-state index is 0.0816. The van der Waals surface area contributed by atoms with Crippen molar-refractivity contribution < 1.29 is 18.0 Å². The highest BCUT2D eigenvalue weighted by Crippen LogP contribution is 2.31. The molecule has 2 rings (SSSR count). The molecule has 2 aromatic carbocycles. The molecule has 0 spiro atoms. The number of carbonyl (C=O) groups is 2. The lowest BCUT2D eigenvalue weighted by Gasteiger charge is -2.33. The Bertz CT molecular complexity index is 1140. The molecule has 2 aromatic rings. The second-order valence-electron chi connectivity index (χ2n) is 8.26. The maximum atomic E-state index is 13.6. The van der Waals surface area contributed by atoms with Crippen molar-refractivity contribution in [2.75, 3.05) is 17.1 Å². The van der Waals surface area contributed by atoms with E-state index in [2.05, 4.69) is 5.32 Å². The van der Waals surface area contributed by atoms with Crippen molar-refractivity contribution in [2.24, 2.45) is 0 Å². The number of benzene rings is 2. The normalized spacial score (nSPS) is 13.1. The zero-order valence-corrected chi connectivity index (χ0v) is 23.2. The highest BCUT2D eigenvalue weighted by Gasteiger charge is 2.32. The van der Waals surface area contributed by atoms with Gasteiger partial charge in [0, 0.05) is 22.6 Å². The molecule has 0 saturated heterocycles. The van der Waals surface area contributed by atoms with Gasteiger partial charge in [-0.05, 0) is 55.7 Å². The van der Waals surface area contributed by atoms with Crippen molar-refractivity contribution in [2.45, 2.75) is 52.2 Å². The Morgan fingerprint density at radius 1 is 0.971 bits per heavy atom. The number of rotatable bonds is 11. The van der Waals surface area contributed by atoms with Gasteiger partial charge in [0.15, 0.2) is 0 Å². The molecule has 0 aliphatic carbocycles. The van der Waals surface area contributed by atoms with Gasteiger partial charge in [0.2, 0.25) is 21.8 Å². The van der Waals surface area contributed by atoms with Gasteiger partial charge in [-0.25, -0.2) is 8.42 Å². The molecule has 35 heavy (non-hydrogen) atoms. The fourth-order valence-corrected chi connectivity index (χ4v) is 4.83. The van der Waals surface area contributed by atoms with Crippen molar-refractivity contribution >= 4 is 62.3 Å². The Labute approximate surface area is 222 Å². The molecular weight excluding hydrogens is 533 g/mol. The third kappa shape index (κ3) is 8.27. The van der Waals surface area contributed by atoms with Crippen LogP contribution < -0.4 is 9.62 Å². The number of carbonyl (C=O) groups excluding carboxylic acids is 2. The molecule has 2 amide bonds. The predicted molar refractivity (Wildman–Crippen MR) is 143 cm³/mol. The number of hydrogen-bond donors (Lipinski definition) is 1. The van der Waals surface area contributed by atoms with Gasteiger partial charge in [-0.1, -0.05) is 60.8 Å². The van der Waals surface area contributed by atoms with E-state index in [4.69, 9.17) is 34.8 Å². The Morgan fingerprint density at radius 2 is 1.57 bits per heavy atom. The molecule has 0 aliphatic heterocycles. The van der Waals surface area contributed by atoms with Gasteiger partial charge in [0.25, 0.3) is 0 Å². The molecule has 11 heteroatoms. The SMILES string of the molecule is CC[C@@H](C)NC(=O)[C@@H](CC)N(Cc1ccc(Cl)cc1)C(=O)CN(c1cc(Cl)ccc1Cl)S(C)(=O)=O. The molecule has 0 radical (unpaired) electrons. The first-order valence-electron chi connectivity index (χ1n) is 11.1. The first-order chi connectivity index (χ1) is 16.4. The number of sulfonamides is 1. The first kappa shape index (κ1) is 29.2.